The van der Waals surface area contributed by atoms with Crippen molar-refractivity contribution >= 4 is 55.4 Å². The molecule has 0 aliphatic carbocycles. The van der Waals surface area contributed by atoms with Gasteiger partial charge < -0.3 is 14.3 Å². The first-order valence-corrected chi connectivity index (χ1v) is 17.2. The maximum Gasteiger partial charge on any atom is 0.159 e. The molecule has 0 spiro atoms. The number of nitrogens with zero attached hydrogens (tertiary/aromatic N) is 4. The standard InChI is InChI=1S/C46H29N5O/c47-28-29-21-24-40-39(25-29)36-23-22-32(35-18-10-19-38-37-17-7-8-20-42(37)52-43(35)38)27-41(36)51(40)34-16-9-15-33(26-34)46-49-44(30-11-3-1-4-12-30)48-45(50-46)31-13-5-2-6-14-31/h1-27,44H,(H,48,49,50). The zero-order valence-electron chi connectivity index (χ0n) is 27.9. The van der Waals surface area contributed by atoms with Gasteiger partial charge in [0.05, 0.1) is 22.7 Å². The molecule has 1 N–H and O–H groups in total. The molecule has 0 saturated heterocycles. The highest BCUT2D eigenvalue weighted by Crippen LogP contribution is 2.39. The Balaban J connectivity index is 1.16. The van der Waals surface area contributed by atoms with Crippen molar-refractivity contribution in [2.45, 2.75) is 6.17 Å². The summed E-state index contributed by atoms with van der Waals surface area (Å²) in [4.78, 5) is 10.2. The van der Waals surface area contributed by atoms with Crippen LogP contribution in [0.3, 0.4) is 0 Å². The molecule has 1 unspecified atom stereocenters. The number of aliphatic imine (C=N–C) groups is 2. The minimum Gasteiger partial charge on any atom is -0.455 e. The summed E-state index contributed by atoms with van der Waals surface area (Å²) in [6.45, 7) is 0. The van der Waals surface area contributed by atoms with Crippen LogP contribution in [-0.4, -0.2) is 16.2 Å². The lowest BCUT2D eigenvalue weighted by molar-refractivity contribution is 0.670. The van der Waals surface area contributed by atoms with E-state index < -0.39 is 0 Å². The Hall–Kier alpha value is -7.23. The zero-order chi connectivity index (χ0) is 34.6. The average Bonchev–Trinajstić information content (AvgIpc) is 3.76. The highest BCUT2D eigenvalue weighted by atomic mass is 16.3. The number of furan rings is 1. The van der Waals surface area contributed by atoms with E-state index in [0.29, 0.717) is 11.4 Å². The predicted molar refractivity (Wildman–Crippen MR) is 210 cm³/mol. The highest BCUT2D eigenvalue weighted by Gasteiger charge is 2.22. The predicted octanol–water partition coefficient (Wildman–Crippen LogP) is 10.7. The summed E-state index contributed by atoms with van der Waals surface area (Å²) < 4.78 is 8.72. The number of rotatable bonds is 5. The fourth-order valence-electron chi connectivity index (χ4n) is 7.42. The van der Waals surface area contributed by atoms with Crippen LogP contribution in [-0.2, 0) is 0 Å². The van der Waals surface area contributed by atoms with Crippen molar-refractivity contribution in [3.63, 3.8) is 0 Å². The molecule has 6 nitrogen and oxygen atoms in total. The number of hydrogen-bond acceptors (Lipinski definition) is 5. The maximum atomic E-state index is 9.84. The largest absolute Gasteiger partial charge is 0.455 e. The number of hydrogen-bond donors (Lipinski definition) is 1. The Labute approximate surface area is 299 Å². The molecule has 0 radical (unpaired) electrons. The maximum absolute atomic E-state index is 9.84. The summed E-state index contributed by atoms with van der Waals surface area (Å²) in [5, 5.41) is 17.7. The van der Waals surface area contributed by atoms with Crippen molar-refractivity contribution in [2.75, 3.05) is 0 Å². The molecule has 0 amide bonds. The molecule has 3 heterocycles. The van der Waals surface area contributed by atoms with Gasteiger partial charge in [0.1, 0.15) is 23.2 Å². The molecular formula is C46H29N5O. The smallest absolute Gasteiger partial charge is 0.159 e. The van der Waals surface area contributed by atoms with Crippen LogP contribution >= 0.6 is 0 Å². The van der Waals surface area contributed by atoms with Gasteiger partial charge in [0.25, 0.3) is 0 Å². The summed E-state index contributed by atoms with van der Waals surface area (Å²) in [5.41, 5.74) is 10.4. The third-order valence-corrected chi connectivity index (χ3v) is 9.88. The zero-order valence-corrected chi connectivity index (χ0v) is 27.9. The number of benzene rings is 7. The van der Waals surface area contributed by atoms with Gasteiger partial charge in [0, 0.05) is 43.9 Å². The quantitative estimate of drug-likeness (QED) is 0.198. The molecule has 7 aromatic carbocycles. The van der Waals surface area contributed by atoms with Crippen LogP contribution in [0.15, 0.2) is 178 Å². The monoisotopic (exact) mass is 667 g/mol. The van der Waals surface area contributed by atoms with Gasteiger partial charge in [-0.1, -0.05) is 121 Å². The van der Waals surface area contributed by atoms with E-state index in [1.54, 1.807) is 0 Å². The van der Waals surface area contributed by atoms with Crippen LogP contribution in [0, 0.1) is 11.3 Å². The minimum atomic E-state index is -0.297. The molecular weight excluding hydrogens is 639 g/mol. The van der Waals surface area contributed by atoms with E-state index in [4.69, 9.17) is 14.4 Å². The molecule has 52 heavy (non-hydrogen) atoms. The van der Waals surface area contributed by atoms with E-state index in [2.05, 4.69) is 107 Å². The van der Waals surface area contributed by atoms with Crippen LogP contribution in [0.2, 0.25) is 0 Å². The van der Waals surface area contributed by atoms with Crippen LogP contribution in [0.25, 0.3) is 60.6 Å². The molecule has 244 valence electrons. The van der Waals surface area contributed by atoms with Gasteiger partial charge in [-0.3, -0.25) is 0 Å². The van der Waals surface area contributed by atoms with E-state index in [9.17, 15) is 5.26 Å². The van der Waals surface area contributed by atoms with Gasteiger partial charge >= 0.3 is 0 Å². The first-order chi connectivity index (χ1) is 25.7. The number of aromatic nitrogens is 1. The second kappa shape index (κ2) is 12.0. The van der Waals surface area contributed by atoms with Gasteiger partial charge in [-0.2, -0.15) is 5.26 Å². The topological polar surface area (TPSA) is 78.6 Å². The van der Waals surface area contributed by atoms with Gasteiger partial charge in [0.15, 0.2) is 5.84 Å². The summed E-state index contributed by atoms with van der Waals surface area (Å²) in [7, 11) is 0. The number of nitriles is 1. The van der Waals surface area contributed by atoms with Crippen molar-refractivity contribution in [3.8, 4) is 22.9 Å². The van der Waals surface area contributed by atoms with Crippen molar-refractivity contribution in [2.24, 2.45) is 9.98 Å². The molecule has 6 heteroatoms. The SMILES string of the molecule is N#Cc1ccc2c(c1)c1ccc(-c3cccc4c3oc3ccccc34)cc1n2-c1cccc(C2=NC(c3ccccc3)NC(c3ccccc3)=N2)c1. The van der Waals surface area contributed by atoms with E-state index in [1.165, 1.54) is 0 Å². The van der Waals surface area contributed by atoms with E-state index in [1.807, 2.05) is 72.8 Å². The average molecular weight is 668 g/mol. The number of para-hydroxylation sites is 2. The molecule has 9 aromatic rings. The van der Waals surface area contributed by atoms with E-state index in [-0.39, 0.29) is 6.17 Å². The van der Waals surface area contributed by atoms with Gasteiger partial charge in [0.2, 0.25) is 0 Å². The molecule has 1 aliphatic heterocycles. The number of nitrogens with one attached hydrogen (secondary N) is 1. The molecule has 2 aromatic heterocycles. The lowest BCUT2D eigenvalue weighted by Gasteiger charge is -2.23. The van der Waals surface area contributed by atoms with Gasteiger partial charge in [-0.05, 0) is 53.6 Å². The highest BCUT2D eigenvalue weighted by molar-refractivity contribution is 6.15. The van der Waals surface area contributed by atoms with E-state index in [0.717, 1.165) is 83.1 Å². The first kappa shape index (κ1) is 29.7. The Morgan fingerprint density at radius 3 is 2.23 bits per heavy atom. The van der Waals surface area contributed by atoms with Crippen molar-refractivity contribution in [1.82, 2.24) is 9.88 Å². The van der Waals surface area contributed by atoms with Crippen molar-refractivity contribution in [1.29, 1.82) is 5.26 Å². The Kier molecular flexibility index (Phi) is 6.83. The van der Waals surface area contributed by atoms with Gasteiger partial charge in [-0.25, -0.2) is 9.98 Å². The molecule has 1 aliphatic rings. The lowest BCUT2D eigenvalue weighted by atomic mass is 10.0. The molecule has 0 saturated carbocycles. The molecule has 10 rings (SSSR count). The second-order valence-electron chi connectivity index (χ2n) is 13.0. The van der Waals surface area contributed by atoms with E-state index >= 15 is 0 Å². The van der Waals surface area contributed by atoms with Gasteiger partial charge in [-0.15, -0.1) is 0 Å². The summed E-state index contributed by atoms with van der Waals surface area (Å²) in [6.07, 6.45) is -0.297. The lowest BCUT2D eigenvalue weighted by Crippen LogP contribution is -2.33. The van der Waals surface area contributed by atoms with Crippen LogP contribution in [0.1, 0.15) is 28.4 Å². The third kappa shape index (κ3) is 4.87. The minimum absolute atomic E-state index is 0.297. The molecule has 1 atom stereocenters. The Morgan fingerprint density at radius 1 is 0.596 bits per heavy atom. The van der Waals surface area contributed by atoms with Crippen molar-refractivity contribution < 1.29 is 4.42 Å². The fourth-order valence-corrected chi connectivity index (χ4v) is 7.42. The summed E-state index contributed by atoms with van der Waals surface area (Å²) in [6, 6.07) is 58.1. The summed E-state index contributed by atoms with van der Waals surface area (Å²) >= 11 is 0. The number of amidine groups is 2. The Morgan fingerprint density at radius 2 is 1.37 bits per heavy atom. The Bertz CT molecular complexity index is 2950. The number of fused-ring (bicyclic) bond motifs is 6. The van der Waals surface area contributed by atoms with Crippen molar-refractivity contribution in [3.05, 3.63) is 186 Å². The third-order valence-electron chi connectivity index (χ3n) is 9.88. The first-order valence-electron chi connectivity index (χ1n) is 17.2. The van der Waals surface area contributed by atoms with Crippen LogP contribution in [0.4, 0.5) is 0 Å². The molecule has 0 bridgehead atoms. The van der Waals surface area contributed by atoms with Crippen LogP contribution < -0.4 is 5.32 Å². The molecule has 0 fully saturated rings. The normalized spacial score (nSPS) is 14.3. The van der Waals surface area contributed by atoms with Crippen LogP contribution in [0.5, 0.6) is 0 Å². The second-order valence-corrected chi connectivity index (χ2v) is 13.0. The summed E-state index contributed by atoms with van der Waals surface area (Å²) in [5.74, 6) is 1.42. The fraction of sp³-hybridized carbons (Fsp3) is 0.0217.